The molecule has 0 aromatic heterocycles. The summed E-state index contributed by atoms with van der Waals surface area (Å²) in [6.45, 7) is 16.4. The van der Waals surface area contributed by atoms with Gasteiger partial charge < -0.3 is 4.43 Å². The van der Waals surface area contributed by atoms with Gasteiger partial charge in [0.2, 0.25) is 0 Å². The van der Waals surface area contributed by atoms with Gasteiger partial charge in [-0.3, -0.25) is 0 Å². The predicted molar refractivity (Wildman–Crippen MR) is 128 cm³/mol. The summed E-state index contributed by atoms with van der Waals surface area (Å²) in [4.78, 5) is 0. The standard InChI is InChI=1S/C25H34OSi2/c1-22(19-21-27(5,6)7)18-20-26-28(25(2,3)4,23-14-10-8-11-15-23)24-16-12-9-13-17-24/h8-18H,20H2,1-7H3/b22-18-. The Morgan fingerprint density at radius 3 is 1.75 bits per heavy atom. The molecule has 148 valence electrons. The molecule has 0 saturated heterocycles. The normalized spacial score (nSPS) is 13.0. The minimum absolute atomic E-state index is 0.00144. The number of hydrogen-bond acceptors (Lipinski definition) is 1. The number of rotatable bonds is 5. The van der Waals surface area contributed by atoms with Crippen molar-refractivity contribution in [1.29, 1.82) is 0 Å². The summed E-state index contributed by atoms with van der Waals surface area (Å²) < 4.78 is 6.87. The topological polar surface area (TPSA) is 9.23 Å². The number of allylic oxidation sites excluding steroid dienone is 1. The van der Waals surface area contributed by atoms with Crippen LogP contribution in [0.1, 0.15) is 27.7 Å². The van der Waals surface area contributed by atoms with Crippen molar-refractivity contribution >= 4 is 26.8 Å². The Hall–Kier alpha value is -1.87. The lowest BCUT2D eigenvalue weighted by atomic mass is 10.2. The fraction of sp³-hybridized carbons (Fsp3) is 0.360. The lowest BCUT2D eigenvalue weighted by Gasteiger charge is -2.42. The van der Waals surface area contributed by atoms with Gasteiger partial charge in [-0.1, -0.05) is 107 Å². The SMILES string of the molecule is C/C(C#C[Si](C)(C)C)=C/CO[Si](c1ccccc1)(c1ccccc1)C(C)(C)C. The molecular weight excluding hydrogens is 372 g/mol. The molecule has 0 aliphatic carbocycles. The highest BCUT2D eigenvalue weighted by atomic mass is 28.4. The zero-order chi connectivity index (χ0) is 20.8. The molecule has 3 heteroatoms. The van der Waals surface area contributed by atoms with E-state index in [-0.39, 0.29) is 5.04 Å². The van der Waals surface area contributed by atoms with Crippen molar-refractivity contribution in [3.05, 3.63) is 72.3 Å². The first-order chi connectivity index (χ1) is 13.1. The van der Waals surface area contributed by atoms with E-state index in [4.69, 9.17) is 4.43 Å². The summed E-state index contributed by atoms with van der Waals surface area (Å²) >= 11 is 0. The highest BCUT2D eigenvalue weighted by Gasteiger charge is 2.49. The predicted octanol–water partition coefficient (Wildman–Crippen LogP) is 5.39. The fourth-order valence-corrected chi connectivity index (χ4v) is 8.45. The summed E-state index contributed by atoms with van der Waals surface area (Å²) in [7, 11) is -3.82. The van der Waals surface area contributed by atoms with Gasteiger partial charge in [0.1, 0.15) is 8.07 Å². The Morgan fingerprint density at radius 2 is 1.36 bits per heavy atom. The highest BCUT2D eigenvalue weighted by Crippen LogP contribution is 2.36. The third-order valence-electron chi connectivity index (χ3n) is 4.74. The maximum Gasteiger partial charge on any atom is 0.261 e. The quantitative estimate of drug-likeness (QED) is 0.478. The molecule has 0 saturated carbocycles. The van der Waals surface area contributed by atoms with Gasteiger partial charge in [0.15, 0.2) is 0 Å². The first-order valence-electron chi connectivity index (χ1n) is 10.0. The van der Waals surface area contributed by atoms with Crippen LogP contribution in [0, 0.1) is 11.5 Å². The third kappa shape index (κ3) is 5.57. The average Bonchev–Trinajstić information content (AvgIpc) is 2.63. The molecular formula is C25H34OSi2. The molecule has 0 fully saturated rings. The zero-order valence-electron chi connectivity index (χ0n) is 18.5. The van der Waals surface area contributed by atoms with Crippen LogP contribution in [0.25, 0.3) is 0 Å². The second kappa shape index (κ2) is 9.09. The second-order valence-electron chi connectivity index (χ2n) is 9.36. The van der Waals surface area contributed by atoms with Crippen molar-refractivity contribution in [2.75, 3.05) is 6.61 Å². The van der Waals surface area contributed by atoms with Crippen LogP contribution in [-0.2, 0) is 4.43 Å². The van der Waals surface area contributed by atoms with Crippen molar-refractivity contribution in [3.63, 3.8) is 0 Å². The third-order valence-corrected chi connectivity index (χ3v) is 10.6. The maximum atomic E-state index is 6.87. The van der Waals surface area contributed by atoms with Crippen LogP contribution >= 0.6 is 0 Å². The first-order valence-corrected chi connectivity index (χ1v) is 15.4. The Balaban J connectivity index is 2.46. The first kappa shape index (κ1) is 22.4. The summed E-state index contributed by atoms with van der Waals surface area (Å²) in [5.74, 6) is 3.34. The van der Waals surface area contributed by atoms with E-state index in [1.54, 1.807) is 0 Å². The fourth-order valence-electron chi connectivity index (χ4n) is 3.39. The molecule has 2 aromatic rings. The molecule has 0 unspecified atom stereocenters. The Kier molecular flexibility index (Phi) is 7.28. The molecule has 0 amide bonds. The van der Waals surface area contributed by atoms with Crippen LogP contribution in [0.15, 0.2) is 72.3 Å². The highest BCUT2D eigenvalue weighted by molar-refractivity contribution is 6.99. The van der Waals surface area contributed by atoms with E-state index in [0.29, 0.717) is 6.61 Å². The van der Waals surface area contributed by atoms with Crippen LogP contribution in [0.2, 0.25) is 24.7 Å². The summed E-state index contributed by atoms with van der Waals surface area (Å²) in [6, 6.07) is 21.5. The van der Waals surface area contributed by atoms with Gasteiger partial charge in [0.25, 0.3) is 8.32 Å². The molecule has 0 spiro atoms. The van der Waals surface area contributed by atoms with Gasteiger partial charge in [-0.05, 0) is 34.0 Å². The zero-order valence-corrected chi connectivity index (χ0v) is 20.5. The Labute approximate surface area is 174 Å². The van der Waals surface area contributed by atoms with E-state index in [0.717, 1.165) is 5.57 Å². The Morgan fingerprint density at radius 1 is 0.893 bits per heavy atom. The minimum atomic E-state index is -2.46. The van der Waals surface area contributed by atoms with Gasteiger partial charge in [-0.2, -0.15) is 0 Å². The van der Waals surface area contributed by atoms with Crippen molar-refractivity contribution < 1.29 is 4.43 Å². The van der Waals surface area contributed by atoms with Gasteiger partial charge >= 0.3 is 0 Å². The summed E-state index contributed by atoms with van der Waals surface area (Å²) in [6.07, 6.45) is 2.15. The van der Waals surface area contributed by atoms with E-state index in [9.17, 15) is 0 Å². The molecule has 2 rings (SSSR count). The minimum Gasteiger partial charge on any atom is -0.404 e. The molecule has 0 atom stereocenters. The number of hydrogen-bond donors (Lipinski definition) is 0. The molecule has 28 heavy (non-hydrogen) atoms. The van der Waals surface area contributed by atoms with E-state index in [1.165, 1.54) is 10.4 Å². The van der Waals surface area contributed by atoms with Gasteiger partial charge in [-0.25, -0.2) is 0 Å². The average molecular weight is 407 g/mol. The van der Waals surface area contributed by atoms with Crippen LogP contribution in [0.5, 0.6) is 0 Å². The molecule has 1 nitrogen and oxygen atoms in total. The van der Waals surface area contributed by atoms with Crippen LogP contribution in [0.4, 0.5) is 0 Å². The molecule has 0 heterocycles. The van der Waals surface area contributed by atoms with E-state index in [1.807, 2.05) is 0 Å². The van der Waals surface area contributed by atoms with Crippen molar-refractivity contribution in [2.24, 2.45) is 0 Å². The molecule has 0 aliphatic rings. The van der Waals surface area contributed by atoms with Gasteiger partial charge in [-0.15, -0.1) is 5.54 Å². The number of benzene rings is 2. The van der Waals surface area contributed by atoms with Crippen molar-refractivity contribution in [3.8, 4) is 11.5 Å². The molecule has 0 bridgehead atoms. The molecule has 0 N–H and O–H groups in total. The Bertz CT molecular complexity index is 805. The maximum absolute atomic E-state index is 6.87. The molecule has 2 aromatic carbocycles. The summed E-state index contributed by atoms with van der Waals surface area (Å²) in [5, 5.41) is 2.63. The monoisotopic (exact) mass is 406 g/mol. The largest absolute Gasteiger partial charge is 0.404 e. The van der Waals surface area contributed by atoms with Crippen molar-refractivity contribution in [1.82, 2.24) is 0 Å². The van der Waals surface area contributed by atoms with Gasteiger partial charge in [0, 0.05) is 0 Å². The lowest BCUT2D eigenvalue weighted by Crippen LogP contribution is -2.66. The summed E-state index contributed by atoms with van der Waals surface area (Å²) in [5.41, 5.74) is 4.54. The molecule has 0 aliphatic heterocycles. The van der Waals surface area contributed by atoms with Crippen LogP contribution in [-0.4, -0.2) is 23.0 Å². The second-order valence-corrected chi connectivity index (χ2v) is 18.4. The lowest BCUT2D eigenvalue weighted by molar-refractivity contribution is 0.339. The van der Waals surface area contributed by atoms with E-state index >= 15 is 0 Å². The smallest absolute Gasteiger partial charge is 0.261 e. The van der Waals surface area contributed by atoms with Crippen LogP contribution in [0.3, 0.4) is 0 Å². The van der Waals surface area contributed by atoms with Crippen molar-refractivity contribution in [2.45, 2.75) is 52.4 Å². The van der Waals surface area contributed by atoms with Gasteiger partial charge in [0.05, 0.1) is 6.61 Å². The molecule has 0 radical (unpaired) electrons. The van der Waals surface area contributed by atoms with E-state index in [2.05, 4.69) is 126 Å². The van der Waals surface area contributed by atoms with Crippen LogP contribution < -0.4 is 10.4 Å². The van der Waals surface area contributed by atoms with E-state index < -0.39 is 16.4 Å².